The van der Waals surface area contributed by atoms with Gasteiger partial charge in [-0.3, -0.25) is 0 Å². The van der Waals surface area contributed by atoms with Crippen LogP contribution in [0.5, 0.6) is 11.5 Å². The van der Waals surface area contributed by atoms with Crippen LogP contribution in [0.2, 0.25) is 0 Å². The standard InChI is InChI=1S/C17H18O6/c1-17(2)15(20)13(19)10-11(16(21)22-3)12(18)8-6-4-5-7-9(8)14(10)23-17/h4-7,13,15,18-20H,1-3H3/t13-,15-/m1/s1. The molecule has 2 aromatic rings. The SMILES string of the molecule is COC(=O)c1c2c(c3ccccc3c1O)OC(C)(C)[C@H](O)[C@@H]2O. The number of hydrogen-bond donors (Lipinski definition) is 3. The molecule has 0 spiro atoms. The lowest BCUT2D eigenvalue weighted by Crippen LogP contribution is -2.49. The fourth-order valence-electron chi connectivity index (χ4n) is 2.97. The average molecular weight is 318 g/mol. The van der Waals surface area contributed by atoms with E-state index in [9.17, 15) is 20.1 Å². The maximum absolute atomic E-state index is 12.1. The summed E-state index contributed by atoms with van der Waals surface area (Å²) in [6.07, 6.45) is -2.66. The molecule has 0 radical (unpaired) electrons. The average Bonchev–Trinajstić information content (AvgIpc) is 2.53. The van der Waals surface area contributed by atoms with Crippen LogP contribution in [0.4, 0.5) is 0 Å². The van der Waals surface area contributed by atoms with Gasteiger partial charge in [0.25, 0.3) is 0 Å². The van der Waals surface area contributed by atoms with Gasteiger partial charge in [-0.25, -0.2) is 4.79 Å². The first-order chi connectivity index (χ1) is 10.8. The van der Waals surface area contributed by atoms with E-state index in [0.29, 0.717) is 10.8 Å². The van der Waals surface area contributed by atoms with Gasteiger partial charge in [-0.05, 0) is 13.8 Å². The van der Waals surface area contributed by atoms with Crippen LogP contribution in [0.25, 0.3) is 10.8 Å². The summed E-state index contributed by atoms with van der Waals surface area (Å²) in [6, 6.07) is 6.84. The lowest BCUT2D eigenvalue weighted by molar-refractivity contribution is -0.111. The minimum atomic E-state index is -1.39. The number of fused-ring (bicyclic) bond motifs is 3. The number of aliphatic hydroxyl groups excluding tert-OH is 2. The number of benzene rings is 2. The fourth-order valence-corrected chi connectivity index (χ4v) is 2.97. The summed E-state index contributed by atoms with van der Waals surface area (Å²) >= 11 is 0. The minimum Gasteiger partial charge on any atom is -0.506 e. The lowest BCUT2D eigenvalue weighted by atomic mass is 9.84. The van der Waals surface area contributed by atoms with Crippen LogP contribution in [0, 0.1) is 0 Å². The molecule has 6 heteroatoms. The Bertz CT molecular complexity index is 795. The van der Waals surface area contributed by atoms with E-state index in [0.717, 1.165) is 0 Å². The Balaban J connectivity index is 2.45. The smallest absolute Gasteiger partial charge is 0.342 e. The van der Waals surface area contributed by atoms with Gasteiger partial charge in [0.05, 0.1) is 7.11 Å². The van der Waals surface area contributed by atoms with E-state index in [1.807, 2.05) is 0 Å². The normalized spacial score (nSPS) is 22.3. The van der Waals surface area contributed by atoms with Crippen LogP contribution in [0.1, 0.15) is 35.9 Å². The van der Waals surface area contributed by atoms with E-state index in [1.165, 1.54) is 7.11 Å². The van der Waals surface area contributed by atoms with Crippen LogP contribution >= 0.6 is 0 Å². The van der Waals surface area contributed by atoms with Crippen molar-refractivity contribution in [1.82, 2.24) is 0 Å². The molecule has 0 saturated carbocycles. The van der Waals surface area contributed by atoms with Gasteiger partial charge in [-0.2, -0.15) is 0 Å². The number of aromatic hydroxyl groups is 1. The van der Waals surface area contributed by atoms with Crippen molar-refractivity contribution >= 4 is 16.7 Å². The predicted octanol–water partition coefficient (Wildman–Crippen LogP) is 1.90. The zero-order valence-electron chi connectivity index (χ0n) is 13.0. The molecule has 0 amide bonds. The molecule has 23 heavy (non-hydrogen) atoms. The topological polar surface area (TPSA) is 96.2 Å². The molecule has 0 fully saturated rings. The van der Waals surface area contributed by atoms with E-state index in [2.05, 4.69) is 0 Å². The van der Waals surface area contributed by atoms with Crippen molar-refractivity contribution < 1.29 is 29.6 Å². The Hall–Kier alpha value is -2.31. The van der Waals surface area contributed by atoms with Crippen molar-refractivity contribution in [3.05, 3.63) is 35.4 Å². The first kappa shape index (κ1) is 15.6. The second-order valence-electron chi connectivity index (χ2n) is 6.10. The highest BCUT2D eigenvalue weighted by Crippen LogP contribution is 2.49. The summed E-state index contributed by atoms with van der Waals surface area (Å²) in [5, 5.41) is 32.3. The number of rotatable bonds is 1. The van der Waals surface area contributed by atoms with E-state index in [4.69, 9.17) is 9.47 Å². The maximum Gasteiger partial charge on any atom is 0.342 e. The summed E-state index contributed by atoms with van der Waals surface area (Å²) in [5.41, 5.74) is -1.21. The van der Waals surface area contributed by atoms with E-state index >= 15 is 0 Å². The van der Waals surface area contributed by atoms with Gasteiger partial charge >= 0.3 is 5.97 Å². The van der Waals surface area contributed by atoms with Crippen molar-refractivity contribution in [2.45, 2.75) is 31.7 Å². The monoisotopic (exact) mass is 318 g/mol. The highest BCUT2D eigenvalue weighted by molar-refractivity contribution is 6.06. The minimum absolute atomic E-state index is 0.0416. The molecule has 1 aliphatic heterocycles. The maximum atomic E-state index is 12.1. The van der Waals surface area contributed by atoms with Gasteiger partial charge in [0, 0.05) is 16.3 Å². The number of hydrogen-bond acceptors (Lipinski definition) is 6. The molecular formula is C17H18O6. The molecule has 3 rings (SSSR count). The zero-order valence-corrected chi connectivity index (χ0v) is 13.0. The van der Waals surface area contributed by atoms with Crippen LogP contribution < -0.4 is 4.74 Å². The zero-order chi connectivity index (χ0) is 16.9. The van der Waals surface area contributed by atoms with Crippen molar-refractivity contribution in [3.63, 3.8) is 0 Å². The van der Waals surface area contributed by atoms with Gasteiger partial charge in [0.15, 0.2) is 0 Å². The molecule has 3 N–H and O–H groups in total. The summed E-state index contributed by atoms with van der Waals surface area (Å²) < 4.78 is 10.6. The second-order valence-corrected chi connectivity index (χ2v) is 6.10. The van der Waals surface area contributed by atoms with Crippen molar-refractivity contribution in [3.8, 4) is 11.5 Å². The molecule has 0 saturated heterocycles. The van der Waals surface area contributed by atoms with Gasteiger partial charge in [-0.1, -0.05) is 24.3 Å². The van der Waals surface area contributed by atoms with Crippen LogP contribution in [-0.4, -0.2) is 40.1 Å². The number of ether oxygens (including phenoxy) is 2. The van der Waals surface area contributed by atoms with Gasteiger partial charge < -0.3 is 24.8 Å². The van der Waals surface area contributed by atoms with E-state index < -0.39 is 23.8 Å². The Morgan fingerprint density at radius 1 is 1.22 bits per heavy atom. The highest BCUT2D eigenvalue weighted by Gasteiger charge is 2.46. The van der Waals surface area contributed by atoms with E-state index in [-0.39, 0.29) is 22.6 Å². The third kappa shape index (κ3) is 2.14. The van der Waals surface area contributed by atoms with Gasteiger partial charge in [0.2, 0.25) is 0 Å². The van der Waals surface area contributed by atoms with Crippen molar-refractivity contribution in [1.29, 1.82) is 0 Å². The lowest BCUT2D eigenvalue weighted by Gasteiger charge is -2.41. The second kappa shape index (κ2) is 5.11. The third-order valence-corrected chi connectivity index (χ3v) is 4.24. The summed E-state index contributed by atoms with van der Waals surface area (Å²) in [6.45, 7) is 3.28. The van der Waals surface area contributed by atoms with Crippen molar-refractivity contribution in [2.75, 3.05) is 7.11 Å². The number of carbonyl (C=O) groups is 1. The Morgan fingerprint density at radius 2 is 1.83 bits per heavy atom. The number of methoxy groups -OCH3 is 1. The molecule has 2 atom stereocenters. The number of phenols is 1. The van der Waals surface area contributed by atoms with Gasteiger partial charge in [0.1, 0.15) is 34.9 Å². The number of phenolic OH excluding ortho intramolecular Hbond substituents is 1. The fraction of sp³-hybridized carbons (Fsp3) is 0.353. The first-order valence-corrected chi connectivity index (χ1v) is 7.20. The summed E-state index contributed by atoms with van der Waals surface area (Å²) in [5.74, 6) is -0.846. The van der Waals surface area contributed by atoms with Crippen LogP contribution in [0.15, 0.2) is 24.3 Å². The molecule has 6 nitrogen and oxygen atoms in total. The summed E-state index contributed by atoms with van der Waals surface area (Å²) in [7, 11) is 1.18. The number of aliphatic hydroxyl groups is 2. The van der Waals surface area contributed by atoms with Crippen LogP contribution in [-0.2, 0) is 4.74 Å². The number of esters is 1. The molecule has 0 aromatic heterocycles. The first-order valence-electron chi connectivity index (χ1n) is 7.20. The molecular weight excluding hydrogens is 300 g/mol. The molecule has 0 bridgehead atoms. The quantitative estimate of drug-likeness (QED) is 0.695. The molecule has 0 unspecified atom stereocenters. The Labute approximate surface area is 132 Å². The molecule has 1 heterocycles. The van der Waals surface area contributed by atoms with Gasteiger partial charge in [-0.15, -0.1) is 0 Å². The molecule has 1 aliphatic rings. The predicted molar refractivity (Wildman–Crippen MR) is 82.6 cm³/mol. The third-order valence-electron chi connectivity index (χ3n) is 4.24. The van der Waals surface area contributed by atoms with Crippen molar-refractivity contribution in [2.24, 2.45) is 0 Å². The number of carbonyl (C=O) groups excluding carboxylic acids is 1. The van der Waals surface area contributed by atoms with Crippen LogP contribution in [0.3, 0.4) is 0 Å². The molecule has 2 aromatic carbocycles. The molecule has 122 valence electrons. The van der Waals surface area contributed by atoms with E-state index in [1.54, 1.807) is 38.1 Å². The highest BCUT2D eigenvalue weighted by atomic mass is 16.5. The summed E-state index contributed by atoms with van der Waals surface area (Å²) in [4.78, 5) is 12.1. The molecule has 0 aliphatic carbocycles. The largest absolute Gasteiger partial charge is 0.506 e. The Kier molecular flexibility index (Phi) is 3.46. The Morgan fingerprint density at radius 3 is 2.43 bits per heavy atom.